The molecule has 0 aliphatic carbocycles. The third-order valence-electron chi connectivity index (χ3n) is 26.3. The fourth-order valence-electron chi connectivity index (χ4n) is 19.9. The zero-order valence-corrected chi connectivity index (χ0v) is 73.6. The van der Waals surface area contributed by atoms with E-state index >= 15 is 0 Å². The van der Waals surface area contributed by atoms with Crippen LogP contribution in [0.15, 0.2) is 498 Å². The van der Waals surface area contributed by atoms with Crippen LogP contribution in [0, 0.1) is 0 Å². The molecule has 136 heavy (non-hydrogen) atoms. The first-order valence-electron chi connectivity index (χ1n) is 45.6. The summed E-state index contributed by atoms with van der Waals surface area (Å²) in [6.07, 6.45) is 8.45. The van der Waals surface area contributed by atoms with Gasteiger partial charge in [0.25, 0.3) is 11.8 Å². The highest BCUT2D eigenvalue weighted by Crippen LogP contribution is 2.42. The molecule has 0 atom stereocenters. The number of benzene rings is 19. The quantitative estimate of drug-likeness (QED) is 0.114. The molecule has 12 nitrogen and oxygen atoms in total. The summed E-state index contributed by atoms with van der Waals surface area (Å²) in [4.78, 5) is 53.5. The number of carbonyl (C=O) groups excluding carboxylic acids is 4. The van der Waals surface area contributed by atoms with E-state index in [1.54, 1.807) is 0 Å². The third-order valence-corrected chi connectivity index (χ3v) is 26.3. The van der Waals surface area contributed by atoms with Crippen LogP contribution in [0.5, 0.6) is 0 Å². The van der Waals surface area contributed by atoms with Crippen molar-refractivity contribution in [1.29, 1.82) is 0 Å². The molecule has 27 aromatic rings. The van der Waals surface area contributed by atoms with Crippen molar-refractivity contribution in [2.45, 2.75) is 0 Å². The van der Waals surface area contributed by atoms with Gasteiger partial charge < -0.3 is 27.4 Å². The summed E-state index contributed by atoms with van der Waals surface area (Å²) < 4.78 is 17.1. The molecule has 0 unspecified atom stereocenters. The maximum atomic E-state index is 13.9. The molecule has 0 aliphatic heterocycles. The highest BCUT2D eigenvalue weighted by molar-refractivity contribution is 6.22. The minimum absolute atomic E-state index is 0.0105. The Labute approximate surface area is 781 Å². The number of hydrogen-bond donors (Lipinski definition) is 0. The lowest BCUT2D eigenvalue weighted by atomic mass is 10.0. The van der Waals surface area contributed by atoms with Crippen LogP contribution >= 0.6 is 0 Å². The maximum Gasteiger partial charge on any atom is 0.262 e. The predicted molar refractivity (Wildman–Crippen MR) is 557 cm³/mol. The SMILES string of the molecule is O=C(c1ccc2ccccc2c1)n1c2ccccc2c2cc3c(ccn3-c3ccccc3)cc21.O=C(c1ccccc1)c1ccc(-n2c3ccccc3c3cc4c(ccn4-c4ccccc4)cc32)cc1.O=C(c1ccccc1)c1cccc(-n2c3ccccc3c3cc4c(ccn4-c4ccccc4)cc32)c1.O=C(c1ccccc1)n1c2ccccc2c2cc3c(ccn3-c3ccccc3)cc21. The van der Waals surface area contributed by atoms with Crippen LogP contribution in [0.2, 0.25) is 0 Å². The molecular weight excluding hydrogens is 1670 g/mol. The highest BCUT2D eigenvalue weighted by Gasteiger charge is 2.25. The van der Waals surface area contributed by atoms with E-state index in [0.29, 0.717) is 33.4 Å². The summed E-state index contributed by atoms with van der Waals surface area (Å²) in [6.45, 7) is 0. The van der Waals surface area contributed by atoms with Gasteiger partial charge in [0.05, 0.1) is 66.2 Å². The maximum absolute atomic E-state index is 13.9. The Morgan fingerprint density at radius 1 is 0.147 bits per heavy atom. The van der Waals surface area contributed by atoms with Gasteiger partial charge in [0.15, 0.2) is 11.6 Å². The fraction of sp³-hybridized carbons (Fsp3) is 0. The van der Waals surface area contributed by atoms with E-state index in [4.69, 9.17) is 0 Å². The third kappa shape index (κ3) is 14.3. The molecule has 0 fully saturated rings. The van der Waals surface area contributed by atoms with Gasteiger partial charge in [-0.15, -0.1) is 0 Å². The Hall–Kier alpha value is -18.5. The number of para-hydroxylation sites is 8. The second-order valence-corrected chi connectivity index (χ2v) is 34.2. The van der Waals surface area contributed by atoms with Gasteiger partial charge in [-0.3, -0.25) is 28.3 Å². The van der Waals surface area contributed by atoms with E-state index in [9.17, 15) is 19.2 Å². The molecule has 27 rings (SSSR count). The van der Waals surface area contributed by atoms with Crippen LogP contribution in [-0.4, -0.2) is 59.9 Å². The van der Waals surface area contributed by atoms with Gasteiger partial charge in [-0.25, -0.2) is 0 Å². The second kappa shape index (κ2) is 34.1. The van der Waals surface area contributed by atoms with Crippen molar-refractivity contribution in [3.05, 3.63) is 531 Å². The Morgan fingerprint density at radius 2 is 0.434 bits per heavy atom. The summed E-state index contributed by atoms with van der Waals surface area (Å²) >= 11 is 0. The molecule has 0 N–H and O–H groups in total. The van der Waals surface area contributed by atoms with Crippen LogP contribution in [0.1, 0.15) is 52.6 Å². The highest BCUT2D eigenvalue weighted by atomic mass is 16.2. The van der Waals surface area contributed by atoms with Gasteiger partial charge in [0.2, 0.25) is 0 Å². The molecule has 0 radical (unpaired) electrons. The van der Waals surface area contributed by atoms with E-state index in [2.05, 4.69) is 271 Å². The number of ketones is 2. The van der Waals surface area contributed by atoms with Crippen molar-refractivity contribution < 1.29 is 19.2 Å². The summed E-state index contributed by atoms with van der Waals surface area (Å²) in [5, 5.41) is 15.9. The van der Waals surface area contributed by atoms with Crippen molar-refractivity contribution >= 4 is 165 Å². The van der Waals surface area contributed by atoms with E-state index in [1.807, 2.05) is 264 Å². The molecule has 8 heterocycles. The van der Waals surface area contributed by atoms with Gasteiger partial charge in [-0.1, -0.05) is 267 Å². The molecule has 642 valence electrons. The van der Waals surface area contributed by atoms with Crippen LogP contribution in [0.25, 0.3) is 176 Å². The number of nitrogens with zero attached hydrogens (tertiary/aromatic N) is 8. The minimum Gasteiger partial charge on any atom is -0.317 e. The number of carbonyl (C=O) groups is 4. The topological polar surface area (TPSA) is 108 Å². The molecule has 12 heteroatoms. The molecule has 0 saturated carbocycles. The number of fused-ring (bicyclic) bond motifs is 17. The zero-order chi connectivity index (χ0) is 90.9. The van der Waals surface area contributed by atoms with E-state index in [1.165, 1.54) is 43.4 Å². The van der Waals surface area contributed by atoms with Crippen molar-refractivity contribution in [2.75, 3.05) is 0 Å². The Bertz CT molecular complexity index is 9340. The molecule has 0 aliphatic rings. The van der Waals surface area contributed by atoms with Crippen molar-refractivity contribution in [3.63, 3.8) is 0 Å². The molecule has 0 spiro atoms. The summed E-state index contributed by atoms with van der Waals surface area (Å²) in [5.41, 5.74) is 23.5. The first-order valence-corrected chi connectivity index (χ1v) is 45.6. The van der Waals surface area contributed by atoms with Crippen molar-refractivity contribution in [3.8, 4) is 34.1 Å². The molecule has 8 aromatic heterocycles. The predicted octanol–water partition coefficient (Wildman–Crippen LogP) is 29.9. The lowest BCUT2D eigenvalue weighted by Crippen LogP contribution is -2.11. The number of aromatic nitrogens is 8. The van der Waals surface area contributed by atoms with Crippen molar-refractivity contribution in [1.82, 2.24) is 36.5 Å². The summed E-state index contributed by atoms with van der Waals surface area (Å²) in [5.74, 6) is 0.0383. The summed E-state index contributed by atoms with van der Waals surface area (Å²) in [6, 6.07) is 159. The van der Waals surface area contributed by atoms with Gasteiger partial charge in [-0.2, -0.15) is 0 Å². The largest absolute Gasteiger partial charge is 0.317 e. The van der Waals surface area contributed by atoms with Crippen molar-refractivity contribution in [2.24, 2.45) is 0 Å². The smallest absolute Gasteiger partial charge is 0.262 e. The van der Waals surface area contributed by atoms with Crippen LogP contribution in [0.4, 0.5) is 0 Å². The van der Waals surface area contributed by atoms with Crippen LogP contribution in [0.3, 0.4) is 0 Å². The summed E-state index contributed by atoms with van der Waals surface area (Å²) in [7, 11) is 0. The van der Waals surface area contributed by atoms with Gasteiger partial charge in [-0.05, 0) is 217 Å². The molecular formula is C124H82N8O4. The molecule has 0 bridgehead atoms. The monoisotopic (exact) mass is 1750 g/mol. The zero-order valence-electron chi connectivity index (χ0n) is 73.6. The lowest BCUT2D eigenvalue weighted by molar-refractivity contribution is 0.0961. The van der Waals surface area contributed by atoms with Crippen LogP contribution < -0.4 is 0 Å². The van der Waals surface area contributed by atoms with Crippen LogP contribution in [-0.2, 0) is 0 Å². The Balaban J connectivity index is 0.0000000994. The number of hydrogen-bond acceptors (Lipinski definition) is 4. The average molecular weight is 1750 g/mol. The van der Waals surface area contributed by atoms with E-state index in [0.717, 1.165) is 132 Å². The second-order valence-electron chi connectivity index (χ2n) is 34.2. The Kier molecular flexibility index (Phi) is 20.2. The number of rotatable bonds is 12. The van der Waals surface area contributed by atoms with E-state index in [-0.39, 0.29) is 23.4 Å². The minimum atomic E-state index is -0.0150. The lowest BCUT2D eigenvalue weighted by Gasteiger charge is -2.10. The first-order chi connectivity index (χ1) is 67.1. The fourth-order valence-corrected chi connectivity index (χ4v) is 19.9. The Morgan fingerprint density at radius 3 is 0.846 bits per heavy atom. The molecule has 0 amide bonds. The van der Waals surface area contributed by atoms with Gasteiger partial charge in [0, 0.05) is 157 Å². The van der Waals surface area contributed by atoms with Gasteiger partial charge >= 0.3 is 0 Å². The molecule has 0 saturated heterocycles. The van der Waals surface area contributed by atoms with E-state index < -0.39 is 0 Å². The average Bonchev–Trinajstić information content (AvgIpc) is 1.54. The molecule has 19 aromatic carbocycles. The standard InChI is InChI=1S/2C33H22N2O.C31H20N2O.C27H18N2O/c36-33(23-10-3-1-4-11-23)25-12-9-15-27(20-25)35-30-17-8-7-16-28(30)29-22-31-24(21-32(29)35)18-19-34(31)26-13-5-2-6-14-26;36-33(23-9-3-1-4-10-23)24-15-17-27(18-16-24)35-30-14-8-7-13-28(30)29-22-31-25(21-32(29)35)19-20-34(31)26-11-5-2-6-12-26;34-31(24-15-14-21-8-4-5-9-22(21)18-24)33-28-13-7-6-12-26(28)27-20-29-23(19-30(27)33)16-17-32(29)25-10-2-1-3-11-25;30-27(19-9-3-1-4-10-19)29-24-14-8-7-13-22(24)23-18-25-20(17-26(23)29)15-16-28(25)21-11-5-2-6-12-21/h2*1-22H;1-20H;1-18H. The van der Waals surface area contributed by atoms with Gasteiger partial charge in [0.1, 0.15) is 0 Å². The first kappa shape index (κ1) is 80.8. The normalized spacial score (nSPS) is 11.5.